The van der Waals surface area contributed by atoms with Gasteiger partial charge in [-0.25, -0.2) is 0 Å². The molecule has 1 aromatic rings. The highest BCUT2D eigenvalue weighted by atomic mass is 16.5. The molecule has 3 atom stereocenters. The molecule has 21 heavy (non-hydrogen) atoms. The lowest BCUT2D eigenvalue weighted by atomic mass is 9.52. The average Bonchev–Trinajstić information content (AvgIpc) is 2.53. The summed E-state index contributed by atoms with van der Waals surface area (Å²) in [6.07, 6.45) is 6.16. The van der Waals surface area contributed by atoms with Crippen LogP contribution >= 0.6 is 0 Å². The summed E-state index contributed by atoms with van der Waals surface area (Å²) in [6, 6.07) is 6.18. The maximum atomic E-state index is 13.0. The number of ether oxygens (including phenoxy) is 1. The van der Waals surface area contributed by atoms with Crippen molar-refractivity contribution in [2.75, 3.05) is 20.7 Å². The molecule has 0 spiro atoms. The predicted molar refractivity (Wildman–Crippen MR) is 82.0 cm³/mol. The van der Waals surface area contributed by atoms with Gasteiger partial charge in [0.1, 0.15) is 5.75 Å². The Morgan fingerprint density at radius 2 is 2.14 bits per heavy atom. The fraction of sp³-hybridized carbons (Fsp3) is 0.611. The second kappa shape index (κ2) is 4.57. The summed E-state index contributed by atoms with van der Waals surface area (Å²) in [5.41, 5.74) is 2.44. The van der Waals surface area contributed by atoms with Crippen LogP contribution in [0.4, 0.5) is 0 Å². The van der Waals surface area contributed by atoms with Gasteiger partial charge in [-0.3, -0.25) is 9.69 Å². The van der Waals surface area contributed by atoms with Crippen molar-refractivity contribution in [3.63, 3.8) is 0 Å². The molecule has 0 aromatic heterocycles. The van der Waals surface area contributed by atoms with Gasteiger partial charge in [-0.2, -0.15) is 0 Å². The first-order valence-electron chi connectivity index (χ1n) is 8.10. The second-order valence-electron chi connectivity index (χ2n) is 6.96. The van der Waals surface area contributed by atoms with Crippen LogP contribution in [-0.4, -0.2) is 37.4 Å². The van der Waals surface area contributed by atoms with Crippen molar-refractivity contribution in [2.45, 2.75) is 43.6 Å². The number of fused-ring (bicyclic) bond motifs is 1. The zero-order chi connectivity index (χ0) is 14.6. The summed E-state index contributed by atoms with van der Waals surface area (Å²) in [5.74, 6) is 1.71. The van der Waals surface area contributed by atoms with Crippen LogP contribution in [0, 0.1) is 5.92 Å². The molecular formula is C18H23NO2. The standard InChI is InChI=1S/C18H23NO2/c1-19-10-9-18-8-4-3-5-14(18)16(19)17(20)13-7-6-12(21-2)11-15(13)18/h6-7,11,14,16H,3-5,8-10H2,1-2H3/t14-,16-,18+/m1/s1. The molecule has 0 amide bonds. The number of nitrogens with zero attached hydrogens (tertiary/aromatic N) is 1. The topological polar surface area (TPSA) is 29.5 Å². The van der Waals surface area contributed by atoms with Gasteiger partial charge in [0.2, 0.25) is 0 Å². The van der Waals surface area contributed by atoms with Crippen molar-refractivity contribution < 1.29 is 9.53 Å². The second-order valence-corrected chi connectivity index (χ2v) is 6.96. The van der Waals surface area contributed by atoms with Crippen LogP contribution in [0.1, 0.15) is 48.0 Å². The fourth-order valence-corrected chi connectivity index (χ4v) is 5.15. The first-order valence-corrected chi connectivity index (χ1v) is 8.10. The number of likely N-dealkylation sites (N-methyl/N-ethyl adjacent to an activating group) is 1. The number of piperidine rings is 1. The van der Waals surface area contributed by atoms with Crippen LogP contribution in [0.15, 0.2) is 18.2 Å². The quantitative estimate of drug-likeness (QED) is 0.794. The number of hydrogen-bond acceptors (Lipinski definition) is 3. The van der Waals surface area contributed by atoms with Crippen LogP contribution in [0.3, 0.4) is 0 Å². The minimum Gasteiger partial charge on any atom is -0.497 e. The van der Waals surface area contributed by atoms with E-state index in [1.165, 1.54) is 37.7 Å². The molecule has 4 rings (SSSR count). The maximum absolute atomic E-state index is 13.0. The number of carbonyl (C=O) groups is 1. The zero-order valence-electron chi connectivity index (χ0n) is 12.9. The van der Waals surface area contributed by atoms with E-state index < -0.39 is 0 Å². The predicted octanol–water partition coefficient (Wildman–Crippen LogP) is 3.02. The Hall–Kier alpha value is -1.35. The number of likely N-dealkylation sites (tertiary alicyclic amines) is 1. The number of benzene rings is 1. The first-order chi connectivity index (χ1) is 10.2. The third-order valence-electron chi connectivity index (χ3n) is 6.16. The van der Waals surface area contributed by atoms with Crippen LogP contribution in [-0.2, 0) is 5.41 Å². The van der Waals surface area contributed by atoms with Gasteiger partial charge < -0.3 is 4.74 Å². The Labute approximate surface area is 126 Å². The summed E-state index contributed by atoms with van der Waals surface area (Å²) in [6.45, 7) is 1.03. The van der Waals surface area contributed by atoms with Crippen molar-refractivity contribution in [3.8, 4) is 5.75 Å². The van der Waals surface area contributed by atoms with Gasteiger partial charge in [0, 0.05) is 11.0 Å². The number of ketones is 1. The fourth-order valence-electron chi connectivity index (χ4n) is 5.15. The van der Waals surface area contributed by atoms with Crippen molar-refractivity contribution in [1.82, 2.24) is 4.90 Å². The van der Waals surface area contributed by atoms with Crippen LogP contribution in [0.25, 0.3) is 0 Å². The minimum absolute atomic E-state index is 0.0972. The van der Waals surface area contributed by atoms with Gasteiger partial charge in [0.25, 0.3) is 0 Å². The Balaban J connectivity index is 1.95. The van der Waals surface area contributed by atoms with E-state index in [0.29, 0.717) is 11.7 Å². The highest BCUT2D eigenvalue weighted by molar-refractivity contribution is 6.03. The Kier molecular flexibility index (Phi) is 2.90. The van der Waals surface area contributed by atoms with Gasteiger partial charge in [0.05, 0.1) is 13.2 Å². The van der Waals surface area contributed by atoms with Crippen molar-refractivity contribution in [3.05, 3.63) is 29.3 Å². The van der Waals surface area contributed by atoms with Crippen molar-refractivity contribution in [2.24, 2.45) is 5.92 Å². The smallest absolute Gasteiger partial charge is 0.180 e. The van der Waals surface area contributed by atoms with Gasteiger partial charge in [-0.15, -0.1) is 0 Å². The third kappa shape index (κ3) is 1.67. The number of Topliss-reactive ketones (excluding diaryl/α,β-unsaturated/α-hetero) is 1. The van der Waals surface area contributed by atoms with E-state index in [9.17, 15) is 4.79 Å². The highest BCUT2D eigenvalue weighted by Gasteiger charge is 2.56. The van der Waals surface area contributed by atoms with Gasteiger partial charge in [0.15, 0.2) is 5.78 Å². The molecule has 3 aliphatic rings. The average molecular weight is 285 g/mol. The van der Waals surface area contributed by atoms with Crippen molar-refractivity contribution in [1.29, 1.82) is 0 Å². The van der Waals surface area contributed by atoms with E-state index in [1.54, 1.807) is 7.11 Å². The summed E-state index contributed by atoms with van der Waals surface area (Å²) in [5, 5.41) is 0. The molecule has 3 nitrogen and oxygen atoms in total. The minimum atomic E-state index is 0.0972. The van der Waals surface area contributed by atoms with E-state index in [0.717, 1.165) is 17.9 Å². The van der Waals surface area contributed by atoms with E-state index in [4.69, 9.17) is 4.74 Å². The molecule has 1 aromatic carbocycles. The molecule has 1 saturated carbocycles. The lowest BCUT2D eigenvalue weighted by molar-refractivity contribution is 0.00835. The molecule has 2 aliphatic carbocycles. The summed E-state index contributed by atoms with van der Waals surface area (Å²) >= 11 is 0. The summed E-state index contributed by atoms with van der Waals surface area (Å²) in [4.78, 5) is 15.3. The summed E-state index contributed by atoms with van der Waals surface area (Å²) in [7, 11) is 3.83. The van der Waals surface area contributed by atoms with Crippen molar-refractivity contribution >= 4 is 5.78 Å². The van der Waals surface area contributed by atoms with Crippen LogP contribution < -0.4 is 4.74 Å². The molecule has 1 heterocycles. The molecule has 2 fully saturated rings. The summed E-state index contributed by atoms with van der Waals surface area (Å²) < 4.78 is 5.43. The molecule has 0 unspecified atom stereocenters. The number of rotatable bonds is 1. The lowest BCUT2D eigenvalue weighted by Gasteiger charge is -2.57. The molecule has 3 heteroatoms. The normalized spacial score (nSPS) is 35.0. The molecule has 112 valence electrons. The Morgan fingerprint density at radius 3 is 2.95 bits per heavy atom. The Bertz CT molecular complexity index is 597. The molecular weight excluding hydrogens is 262 g/mol. The number of carbonyl (C=O) groups excluding carboxylic acids is 1. The molecule has 0 N–H and O–H groups in total. The zero-order valence-corrected chi connectivity index (χ0v) is 12.9. The molecule has 1 aliphatic heterocycles. The maximum Gasteiger partial charge on any atom is 0.180 e. The number of hydrogen-bond donors (Lipinski definition) is 0. The first kappa shape index (κ1) is 13.3. The molecule has 1 saturated heterocycles. The van der Waals surface area contributed by atoms with Crippen LogP contribution in [0.5, 0.6) is 5.75 Å². The van der Waals surface area contributed by atoms with E-state index in [-0.39, 0.29) is 11.5 Å². The van der Waals surface area contributed by atoms with E-state index >= 15 is 0 Å². The largest absolute Gasteiger partial charge is 0.497 e. The van der Waals surface area contributed by atoms with Crippen LogP contribution in [0.2, 0.25) is 0 Å². The Morgan fingerprint density at radius 1 is 1.29 bits per heavy atom. The SMILES string of the molecule is COc1ccc2c(c1)[C@]13CCCC[C@@H]1[C@H](C2=O)N(C)CC3. The lowest BCUT2D eigenvalue weighted by Crippen LogP contribution is -2.62. The molecule has 0 radical (unpaired) electrons. The molecule has 2 bridgehead atoms. The number of methoxy groups -OCH3 is 1. The van der Waals surface area contributed by atoms with Gasteiger partial charge in [-0.05, 0) is 62.5 Å². The van der Waals surface area contributed by atoms with E-state index in [2.05, 4.69) is 18.0 Å². The van der Waals surface area contributed by atoms with Gasteiger partial charge in [-0.1, -0.05) is 12.8 Å². The monoisotopic (exact) mass is 285 g/mol. The third-order valence-corrected chi connectivity index (χ3v) is 6.16. The van der Waals surface area contributed by atoms with Gasteiger partial charge >= 0.3 is 0 Å². The highest BCUT2D eigenvalue weighted by Crippen LogP contribution is 2.55. The van der Waals surface area contributed by atoms with E-state index in [1.807, 2.05) is 12.1 Å².